The largest absolute Gasteiger partial charge is 0.457 e. The van der Waals surface area contributed by atoms with E-state index < -0.39 is 17.6 Å². The number of benzene rings is 2. The molecule has 3 aromatic rings. The van der Waals surface area contributed by atoms with Crippen LogP contribution in [0.4, 0.5) is 13.2 Å². The molecule has 6 nitrogen and oxygen atoms in total. The van der Waals surface area contributed by atoms with Gasteiger partial charge in [0.2, 0.25) is 5.82 Å². The van der Waals surface area contributed by atoms with E-state index >= 15 is 0 Å². The molecular formula is C22H18F3N4O2. The van der Waals surface area contributed by atoms with E-state index in [0.717, 1.165) is 29.8 Å². The smallest absolute Gasteiger partial charge is 0.416 e. The molecule has 0 atom stereocenters. The Labute approximate surface area is 176 Å². The molecule has 31 heavy (non-hydrogen) atoms. The fourth-order valence-corrected chi connectivity index (χ4v) is 3.38. The molecule has 2 heterocycles. The number of alkyl halides is 3. The van der Waals surface area contributed by atoms with E-state index in [0.29, 0.717) is 31.0 Å². The zero-order chi connectivity index (χ0) is 22.0. The average Bonchev–Trinajstić information content (AvgIpc) is 2.73. The number of hydrogen-bond donors (Lipinski definition) is 1. The van der Waals surface area contributed by atoms with Crippen LogP contribution in [-0.2, 0) is 25.7 Å². The molecule has 2 aromatic carbocycles. The van der Waals surface area contributed by atoms with Gasteiger partial charge in [0.15, 0.2) is 0 Å². The van der Waals surface area contributed by atoms with Crippen molar-refractivity contribution in [2.75, 3.05) is 6.54 Å². The molecule has 2 N–H and O–H groups in total. The van der Waals surface area contributed by atoms with Gasteiger partial charge >= 0.3 is 6.18 Å². The van der Waals surface area contributed by atoms with Gasteiger partial charge in [0.25, 0.3) is 5.91 Å². The Morgan fingerprint density at radius 1 is 1.16 bits per heavy atom. The molecule has 0 fully saturated rings. The predicted molar refractivity (Wildman–Crippen MR) is 105 cm³/mol. The third-order valence-corrected chi connectivity index (χ3v) is 4.86. The summed E-state index contributed by atoms with van der Waals surface area (Å²) in [6, 6.07) is 11.9. The number of nitrogens with zero attached hydrogens (tertiary/aromatic N) is 3. The lowest BCUT2D eigenvalue weighted by Gasteiger charge is -2.27. The second-order valence-corrected chi connectivity index (χ2v) is 7.18. The van der Waals surface area contributed by atoms with Crippen LogP contribution in [0.25, 0.3) is 0 Å². The van der Waals surface area contributed by atoms with E-state index in [2.05, 4.69) is 21.1 Å². The number of halogens is 3. The highest BCUT2D eigenvalue weighted by atomic mass is 19.4. The average molecular weight is 427 g/mol. The van der Waals surface area contributed by atoms with E-state index in [1.165, 1.54) is 12.1 Å². The van der Waals surface area contributed by atoms with E-state index in [9.17, 15) is 18.0 Å². The number of nitrogens with two attached hydrogens (primary N) is 1. The minimum atomic E-state index is -4.43. The van der Waals surface area contributed by atoms with E-state index in [4.69, 9.17) is 10.5 Å². The normalized spacial score (nSPS) is 14.2. The Morgan fingerprint density at radius 3 is 2.65 bits per heavy atom. The predicted octanol–water partition coefficient (Wildman–Crippen LogP) is 3.75. The maximum absolute atomic E-state index is 12.9. The molecule has 0 bridgehead atoms. The molecule has 0 saturated heterocycles. The van der Waals surface area contributed by atoms with Crippen LogP contribution in [-0.4, -0.2) is 27.3 Å². The van der Waals surface area contributed by atoms with Gasteiger partial charge in [-0.3, -0.25) is 9.69 Å². The van der Waals surface area contributed by atoms with Crippen molar-refractivity contribution in [2.24, 2.45) is 5.73 Å². The first-order chi connectivity index (χ1) is 14.8. The molecule has 159 valence electrons. The van der Waals surface area contributed by atoms with Gasteiger partial charge in [-0.1, -0.05) is 18.2 Å². The highest BCUT2D eigenvalue weighted by Gasteiger charge is 2.30. The second-order valence-electron chi connectivity index (χ2n) is 7.18. The topological polar surface area (TPSA) is 81.3 Å². The number of fused-ring (bicyclic) bond motifs is 1. The zero-order valence-electron chi connectivity index (χ0n) is 16.3. The van der Waals surface area contributed by atoms with Crippen LogP contribution in [0.1, 0.15) is 33.0 Å². The number of carbonyl (C=O) groups is 1. The molecule has 0 saturated carbocycles. The number of amides is 1. The van der Waals surface area contributed by atoms with Crippen LogP contribution in [0.5, 0.6) is 11.5 Å². The molecule has 1 aliphatic rings. The number of primary amides is 1. The summed E-state index contributed by atoms with van der Waals surface area (Å²) < 4.78 is 44.4. The number of carbonyl (C=O) groups excluding carboxylic acids is 1. The molecule has 0 aliphatic carbocycles. The Balaban J connectivity index is 1.46. The molecule has 1 amide bonds. The molecule has 1 aromatic heterocycles. The minimum absolute atomic E-state index is 0.0583. The lowest BCUT2D eigenvalue weighted by molar-refractivity contribution is -0.137. The monoisotopic (exact) mass is 427 g/mol. The van der Waals surface area contributed by atoms with Gasteiger partial charge in [-0.15, -0.1) is 0 Å². The third kappa shape index (κ3) is 5.00. The first-order valence-corrected chi connectivity index (χ1v) is 9.51. The van der Waals surface area contributed by atoms with Crippen LogP contribution < -0.4 is 10.5 Å². The first-order valence-electron chi connectivity index (χ1n) is 9.51. The van der Waals surface area contributed by atoms with Gasteiger partial charge in [-0.25, -0.2) is 9.97 Å². The van der Waals surface area contributed by atoms with E-state index in [1.807, 2.05) is 6.07 Å². The van der Waals surface area contributed by atoms with Crippen LogP contribution in [0, 0.1) is 6.20 Å². The molecule has 1 aliphatic heterocycles. The summed E-state index contributed by atoms with van der Waals surface area (Å²) in [4.78, 5) is 21.5. The van der Waals surface area contributed by atoms with Gasteiger partial charge in [-0.05, 0) is 42.3 Å². The van der Waals surface area contributed by atoms with Gasteiger partial charge in [0.1, 0.15) is 11.5 Å². The Morgan fingerprint density at radius 2 is 1.90 bits per heavy atom. The van der Waals surface area contributed by atoms with Gasteiger partial charge in [0.05, 0.1) is 17.5 Å². The lowest BCUT2D eigenvalue weighted by Crippen LogP contribution is -2.32. The van der Waals surface area contributed by atoms with Crippen molar-refractivity contribution in [2.45, 2.75) is 25.7 Å². The standard InChI is InChI=1S/C22H18F3N4O2/c23-22(24,25)16-4-2-6-18(10-16)31-17-5-1-3-14(9-17)12-29-8-7-15-11-27-21(20(26)30)28-19(15)13-29/h1-6,9-10H,7-8,12-13H2,(H2,26,30). The molecule has 1 radical (unpaired) electrons. The summed E-state index contributed by atoms with van der Waals surface area (Å²) in [5.74, 6) is -0.196. The molecular weight excluding hydrogens is 409 g/mol. The van der Waals surface area contributed by atoms with Crippen molar-refractivity contribution >= 4 is 5.91 Å². The van der Waals surface area contributed by atoms with Crippen LogP contribution in [0.15, 0.2) is 48.5 Å². The molecule has 0 spiro atoms. The number of aromatic nitrogens is 2. The first kappa shape index (κ1) is 20.8. The summed E-state index contributed by atoms with van der Waals surface area (Å²) in [5, 5.41) is 0. The lowest BCUT2D eigenvalue weighted by atomic mass is 10.1. The summed E-state index contributed by atoms with van der Waals surface area (Å²) >= 11 is 0. The maximum Gasteiger partial charge on any atom is 0.416 e. The fraction of sp³-hybridized carbons (Fsp3) is 0.227. The molecule has 9 heteroatoms. The summed E-state index contributed by atoms with van der Waals surface area (Å²) in [6.45, 7) is 1.84. The van der Waals surface area contributed by atoms with Crippen LogP contribution >= 0.6 is 0 Å². The van der Waals surface area contributed by atoms with Crippen LogP contribution in [0.3, 0.4) is 0 Å². The van der Waals surface area contributed by atoms with Gasteiger partial charge in [-0.2, -0.15) is 13.2 Å². The SMILES string of the molecule is NC(=O)c1n[c]c2c(n1)CN(Cc1cccc(Oc3cccc(C(F)(F)F)c3)c1)CC2. The highest BCUT2D eigenvalue weighted by Crippen LogP contribution is 2.33. The Hall–Kier alpha value is -3.46. The molecule has 0 unspecified atom stereocenters. The minimum Gasteiger partial charge on any atom is -0.457 e. The van der Waals surface area contributed by atoms with Crippen molar-refractivity contribution in [3.63, 3.8) is 0 Å². The van der Waals surface area contributed by atoms with Crippen molar-refractivity contribution < 1.29 is 22.7 Å². The summed E-state index contributed by atoms with van der Waals surface area (Å²) in [5.41, 5.74) is 6.99. The fourth-order valence-electron chi connectivity index (χ4n) is 3.38. The Kier molecular flexibility index (Phi) is 5.60. The highest BCUT2D eigenvalue weighted by molar-refractivity contribution is 5.88. The third-order valence-electron chi connectivity index (χ3n) is 4.86. The summed E-state index contributed by atoms with van der Waals surface area (Å²) in [7, 11) is 0. The second kappa shape index (κ2) is 8.35. The van der Waals surface area contributed by atoms with Crippen LogP contribution in [0.2, 0.25) is 0 Å². The van der Waals surface area contributed by atoms with Crippen molar-refractivity contribution in [3.05, 3.63) is 82.9 Å². The quantitative estimate of drug-likeness (QED) is 0.671. The number of hydrogen-bond acceptors (Lipinski definition) is 5. The van der Waals surface area contributed by atoms with E-state index in [-0.39, 0.29) is 11.6 Å². The maximum atomic E-state index is 12.9. The Bertz CT molecular complexity index is 1120. The number of ether oxygens (including phenoxy) is 1. The number of rotatable bonds is 5. The van der Waals surface area contributed by atoms with Gasteiger partial charge < -0.3 is 10.5 Å². The van der Waals surface area contributed by atoms with Gasteiger partial charge in [0, 0.05) is 25.2 Å². The zero-order valence-corrected chi connectivity index (χ0v) is 16.3. The van der Waals surface area contributed by atoms with Crippen molar-refractivity contribution in [1.82, 2.24) is 14.9 Å². The van der Waals surface area contributed by atoms with E-state index in [1.54, 1.807) is 18.2 Å². The van der Waals surface area contributed by atoms with Crippen molar-refractivity contribution in [1.29, 1.82) is 0 Å². The summed E-state index contributed by atoms with van der Waals surface area (Å²) in [6.07, 6.45) is -0.905. The molecule has 4 rings (SSSR count). The van der Waals surface area contributed by atoms with Crippen molar-refractivity contribution in [3.8, 4) is 11.5 Å².